The minimum atomic E-state index is -0.636. The normalized spacial score (nSPS) is 10.9. The molecule has 4 rings (SSSR count). The number of methoxy groups -OCH3 is 2. The highest BCUT2D eigenvalue weighted by molar-refractivity contribution is 7.16. The molecule has 8 heteroatoms. The fourth-order valence-corrected chi connectivity index (χ4v) is 5.10. The smallest absolute Gasteiger partial charge is 0.243 e. The summed E-state index contributed by atoms with van der Waals surface area (Å²) in [4.78, 5) is 50.6. The van der Waals surface area contributed by atoms with Gasteiger partial charge in [0.25, 0.3) is 0 Å². The predicted octanol–water partition coefficient (Wildman–Crippen LogP) is 4.31. The summed E-state index contributed by atoms with van der Waals surface area (Å²) in [5.74, 6) is -0.217. The van der Waals surface area contributed by atoms with Gasteiger partial charge in [0.1, 0.15) is 11.5 Å². The fourth-order valence-electron chi connectivity index (χ4n) is 3.31. The van der Waals surface area contributed by atoms with Crippen LogP contribution in [0, 0.1) is 0 Å². The van der Waals surface area contributed by atoms with Gasteiger partial charge in [0.15, 0.2) is 11.6 Å². The summed E-state index contributed by atoms with van der Waals surface area (Å²) in [7, 11) is 3.00. The number of ether oxygens (including phenoxy) is 2. The molecule has 4 aromatic rings. The van der Waals surface area contributed by atoms with Crippen LogP contribution in [0.5, 0.6) is 11.5 Å². The van der Waals surface area contributed by atoms with Gasteiger partial charge in [0.2, 0.25) is 9.48 Å². The van der Waals surface area contributed by atoms with Gasteiger partial charge in [0, 0.05) is 20.2 Å². The van der Waals surface area contributed by atoms with E-state index in [4.69, 9.17) is 9.47 Å². The first kappa shape index (κ1) is 20.9. The second-order valence-electron chi connectivity index (χ2n) is 6.66. The van der Waals surface area contributed by atoms with Crippen molar-refractivity contribution in [2.45, 2.75) is 6.42 Å². The Bertz CT molecular complexity index is 1350. The Morgan fingerprint density at radius 3 is 1.55 bits per heavy atom. The van der Waals surface area contributed by atoms with Crippen LogP contribution in [-0.4, -0.2) is 25.8 Å². The van der Waals surface area contributed by atoms with Crippen molar-refractivity contribution in [2.75, 3.05) is 14.2 Å². The van der Waals surface area contributed by atoms with Crippen molar-refractivity contribution in [2.24, 2.45) is 0 Å². The minimum Gasteiger partial charge on any atom is -0.496 e. The van der Waals surface area contributed by atoms with Crippen LogP contribution >= 0.6 is 22.7 Å². The van der Waals surface area contributed by atoms with Crippen molar-refractivity contribution in [1.82, 2.24) is 0 Å². The zero-order valence-electron chi connectivity index (χ0n) is 16.6. The van der Waals surface area contributed by atoms with Crippen molar-refractivity contribution in [3.05, 3.63) is 78.7 Å². The van der Waals surface area contributed by atoms with E-state index in [1.807, 2.05) is 0 Å². The molecule has 0 amide bonds. The first-order valence-electron chi connectivity index (χ1n) is 9.21. The molecular formula is C23H16O6S2. The third-order valence-electron chi connectivity index (χ3n) is 4.84. The zero-order chi connectivity index (χ0) is 22.1. The number of carbonyl (C=O) groups excluding carboxylic acids is 2. The molecule has 0 aliphatic heterocycles. The lowest BCUT2D eigenvalue weighted by Crippen LogP contribution is -2.19. The van der Waals surface area contributed by atoms with Gasteiger partial charge in [-0.2, -0.15) is 0 Å². The topological polar surface area (TPSA) is 86.7 Å². The zero-order valence-corrected chi connectivity index (χ0v) is 18.2. The van der Waals surface area contributed by atoms with Gasteiger partial charge in [-0.3, -0.25) is 19.2 Å². The Morgan fingerprint density at radius 2 is 1.16 bits per heavy atom. The molecule has 0 aliphatic carbocycles. The lowest BCUT2D eigenvalue weighted by atomic mass is 10.0. The summed E-state index contributed by atoms with van der Waals surface area (Å²) < 4.78 is 11.1. The van der Waals surface area contributed by atoms with E-state index in [0.29, 0.717) is 31.7 Å². The summed E-state index contributed by atoms with van der Waals surface area (Å²) in [6.45, 7) is 0. The maximum absolute atomic E-state index is 12.8. The lowest BCUT2D eigenvalue weighted by molar-refractivity contribution is 0.0893. The number of hydrogen-bond acceptors (Lipinski definition) is 8. The Kier molecular flexibility index (Phi) is 5.67. The van der Waals surface area contributed by atoms with Crippen LogP contribution in [0.25, 0.3) is 20.2 Å². The molecule has 156 valence electrons. The molecule has 0 bridgehead atoms. The highest BCUT2D eigenvalue weighted by Crippen LogP contribution is 2.29. The van der Waals surface area contributed by atoms with E-state index in [1.165, 1.54) is 26.4 Å². The van der Waals surface area contributed by atoms with E-state index < -0.39 is 27.5 Å². The number of benzene rings is 2. The third kappa shape index (κ3) is 3.87. The van der Waals surface area contributed by atoms with Crippen LogP contribution in [-0.2, 0) is 0 Å². The van der Waals surface area contributed by atoms with Crippen LogP contribution in [0.4, 0.5) is 0 Å². The van der Waals surface area contributed by atoms with Crippen LogP contribution in [0.3, 0.4) is 0 Å². The molecule has 0 aliphatic rings. The van der Waals surface area contributed by atoms with Gasteiger partial charge in [-0.25, -0.2) is 0 Å². The molecule has 0 unspecified atom stereocenters. The Balaban J connectivity index is 1.72. The summed E-state index contributed by atoms with van der Waals surface area (Å²) in [5.41, 5.74) is -0.185. The van der Waals surface area contributed by atoms with E-state index in [-0.39, 0.29) is 11.1 Å². The van der Waals surface area contributed by atoms with Crippen LogP contribution in [0.1, 0.15) is 27.1 Å². The van der Waals surface area contributed by atoms with Crippen molar-refractivity contribution < 1.29 is 19.1 Å². The molecule has 0 radical (unpaired) electrons. The molecule has 0 atom stereocenters. The van der Waals surface area contributed by atoms with Gasteiger partial charge in [-0.05, 0) is 36.4 Å². The molecule has 2 heterocycles. The summed E-state index contributed by atoms with van der Waals surface area (Å²) in [5, 5.41) is 1.24. The summed E-state index contributed by atoms with van der Waals surface area (Å²) >= 11 is 1.83. The Morgan fingerprint density at radius 1 is 0.742 bits per heavy atom. The SMILES string of the molecule is COc1cccc2sc(=O)c(C(=O)CC(=O)c3cc4c(OC)cccc4sc3=O)cc12. The standard InChI is InChI=1S/C23H16O6S2/c1-28-18-5-3-7-20-14(18)9-12(22(26)30-20)16(24)11-17(25)13-10-15-19(29-2)6-4-8-21(15)31-23(13)27/h3-10H,11H2,1-2H3. The van der Waals surface area contributed by atoms with E-state index in [0.717, 1.165) is 22.7 Å². The molecule has 0 fully saturated rings. The third-order valence-corrected chi connectivity index (χ3v) is 6.80. The van der Waals surface area contributed by atoms with Gasteiger partial charge in [-0.1, -0.05) is 34.8 Å². The number of carbonyl (C=O) groups is 2. The Hall–Kier alpha value is -3.36. The van der Waals surface area contributed by atoms with Crippen molar-refractivity contribution in [3.63, 3.8) is 0 Å². The molecule has 2 aromatic heterocycles. The van der Waals surface area contributed by atoms with Crippen LogP contribution in [0.15, 0.2) is 58.1 Å². The average molecular weight is 453 g/mol. The second-order valence-corrected chi connectivity index (χ2v) is 8.69. The van der Waals surface area contributed by atoms with E-state index >= 15 is 0 Å². The van der Waals surface area contributed by atoms with Gasteiger partial charge >= 0.3 is 0 Å². The molecule has 0 saturated heterocycles. The van der Waals surface area contributed by atoms with Crippen molar-refractivity contribution >= 4 is 54.4 Å². The molecule has 0 spiro atoms. The molecule has 0 N–H and O–H groups in total. The quantitative estimate of drug-likeness (QED) is 0.320. The van der Waals surface area contributed by atoms with Crippen molar-refractivity contribution in [1.29, 1.82) is 0 Å². The monoisotopic (exact) mass is 452 g/mol. The summed E-state index contributed by atoms with van der Waals surface area (Å²) in [6, 6.07) is 13.4. The maximum atomic E-state index is 12.8. The maximum Gasteiger partial charge on any atom is 0.243 e. The number of rotatable bonds is 6. The van der Waals surface area contributed by atoms with Gasteiger partial charge in [0.05, 0.1) is 31.8 Å². The Labute approximate surface area is 184 Å². The minimum absolute atomic E-state index is 0.0927. The summed E-state index contributed by atoms with van der Waals surface area (Å²) in [6.07, 6.45) is -0.578. The number of ketones is 2. The fraction of sp³-hybridized carbons (Fsp3) is 0.130. The molecular weight excluding hydrogens is 436 g/mol. The number of hydrogen-bond donors (Lipinski definition) is 0. The molecule has 0 saturated carbocycles. The second kappa shape index (κ2) is 8.41. The van der Waals surface area contributed by atoms with Crippen LogP contribution < -0.4 is 19.0 Å². The number of fused-ring (bicyclic) bond motifs is 2. The highest BCUT2D eigenvalue weighted by atomic mass is 32.1. The predicted molar refractivity (Wildman–Crippen MR) is 123 cm³/mol. The van der Waals surface area contributed by atoms with E-state index in [9.17, 15) is 19.2 Å². The first-order chi connectivity index (χ1) is 14.9. The van der Waals surface area contributed by atoms with Crippen LogP contribution in [0.2, 0.25) is 0 Å². The molecule has 31 heavy (non-hydrogen) atoms. The highest BCUT2D eigenvalue weighted by Gasteiger charge is 2.21. The van der Waals surface area contributed by atoms with Gasteiger partial charge in [-0.15, -0.1) is 0 Å². The molecule has 6 nitrogen and oxygen atoms in total. The van der Waals surface area contributed by atoms with Gasteiger partial charge < -0.3 is 9.47 Å². The number of Topliss-reactive ketones (excluding diaryl/α,β-unsaturated/α-hetero) is 2. The van der Waals surface area contributed by atoms with E-state index in [1.54, 1.807) is 36.4 Å². The first-order valence-corrected chi connectivity index (χ1v) is 10.8. The van der Waals surface area contributed by atoms with Crippen molar-refractivity contribution in [3.8, 4) is 11.5 Å². The largest absolute Gasteiger partial charge is 0.496 e. The molecule has 2 aromatic carbocycles. The lowest BCUT2D eigenvalue weighted by Gasteiger charge is -2.07. The average Bonchev–Trinajstić information content (AvgIpc) is 2.76. The van der Waals surface area contributed by atoms with E-state index in [2.05, 4.69) is 0 Å².